The fraction of sp³-hybridized carbons (Fsp3) is 0.250. The lowest BCUT2D eigenvalue weighted by Gasteiger charge is -2.21. The summed E-state index contributed by atoms with van der Waals surface area (Å²) in [5.74, 6) is 0.433. The van der Waals surface area contributed by atoms with Gasteiger partial charge in [0.25, 0.3) is 5.56 Å². The molecule has 2 N–H and O–H groups in total. The molecule has 2 aliphatic rings. The van der Waals surface area contributed by atoms with Gasteiger partial charge in [0.2, 0.25) is 18.6 Å². The Labute approximate surface area is 193 Å². The summed E-state index contributed by atoms with van der Waals surface area (Å²) >= 11 is 0. The van der Waals surface area contributed by atoms with E-state index in [-0.39, 0.29) is 43.4 Å². The third-order valence-corrected chi connectivity index (χ3v) is 5.89. The Morgan fingerprint density at radius 3 is 2.68 bits per heavy atom. The smallest absolute Gasteiger partial charge is 0.331 e. The maximum Gasteiger partial charge on any atom is 0.331 e. The molecule has 2 aromatic carbocycles. The number of benzene rings is 2. The fourth-order valence-electron chi connectivity index (χ4n) is 4.17. The lowest BCUT2D eigenvalue weighted by molar-refractivity contribution is -0.132. The molecule has 5 rings (SSSR count). The Bertz CT molecular complexity index is 1410. The van der Waals surface area contributed by atoms with Crippen LogP contribution < -0.4 is 20.7 Å². The van der Waals surface area contributed by atoms with Crippen LogP contribution in [0.4, 0.5) is 0 Å². The van der Waals surface area contributed by atoms with E-state index in [0.717, 1.165) is 15.7 Å². The highest BCUT2D eigenvalue weighted by Gasteiger charge is 2.36. The quantitative estimate of drug-likeness (QED) is 0.598. The number of aromatic nitrogens is 2. The van der Waals surface area contributed by atoms with E-state index in [1.165, 1.54) is 5.01 Å². The van der Waals surface area contributed by atoms with E-state index in [9.17, 15) is 19.5 Å². The average molecular weight is 462 g/mol. The van der Waals surface area contributed by atoms with Crippen LogP contribution in [-0.4, -0.2) is 38.1 Å². The molecular weight excluding hydrogens is 440 g/mol. The van der Waals surface area contributed by atoms with Crippen LogP contribution in [-0.2, 0) is 11.3 Å². The minimum atomic E-state index is -0.763. The van der Waals surface area contributed by atoms with Gasteiger partial charge < -0.3 is 14.6 Å². The van der Waals surface area contributed by atoms with Gasteiger partial charge in [-0.25, -0.2) is 9.80 Å². The monoisotopic (exact) mass is 462 g/mol. The van der Waals surface area contributed by atoms with Gasteiger partial charge in [0.15, 0.2) is 11.5 Å². The molecule has 1 amide bonds. The number of hydrazone groups is 1. The number of rotatable bonds is 5. The molecule has 0 saturated heterocycles. The van der Waals surface area contributed by atoms with Crippen molar-refractivity contribution in [3.8, 4) is 17.4 Å². The second-order valence-electron chi connectivity index (χ2n) is 8.00. The van der Waals surface area contributed by atoms with Gasteiger partial charge in [-0.05, 0) is 23.3 Å². The maximum atomic E-state index is 12.7. The van der Waals surface area contributed by atoms with E-state index in [2.05, 4.69) is 10.1 Å². The molecule has 10 nitrogen and oxygen atoms in total. The van der Waals surface area contributed by atoms with E-state index >= 15 is 0 Å². The van der Waals surface area contributed by atoms with Crippen LogP contribution in [0.25, 0.3) is 0 Å². The van der Waals surface area contributed by atoms with Crippen molar-refractivity contribution >= 4 is 11.6 Å². The zero-order valence-corrected chi connectivity index (χ0v) is 18.4. The molecular formula is C24H22N4O6. The standard InChI is InChI=1S/C24H22N4O6/c1-2-20(29)28-17(15-8-9-18-19(10-15)34-13-33-18)11-16(26-28)21-22(30)25-24(32)27(23(21)31)12-14-6-4-3-5-7-14/h3-10,17,31H,2,11-13H2,1H3,(H,25,30,32)/t17-/m0/s1. The van der Waals surface area contributed by atoms with Crippen LogP contribution in [0.1, 0.15) is 42.5 Å². The third-order valence-electron chi connectivity index (χ3n) is 5.89. The summed E-state index contributed by atoms with van der Waals surface area (Å²) in [6, 6.07) is 13.9. The number of carbonyl (C=O) groups excluding carboxylic acids is 1. The SMILES string of the molecule is CCC(=O)N1N=C(c2c(O)n(Cc3ccccc3)c(=O)[nH]c2=O)C[C@H]1c1ccc2c(c1)OCO2. The minimum Gasteiger partial charge on any atom is -0.494 e. The van der Waals surface area contributed by atoms with Crippen LogP contribution >= 0.6 is 0 Å². The molecule has 0 aliphatic carbocycles. The van der Waals surface area contributed by atoms with E-state index in [0.29, 0.717) is 11.5 Å². The second-order valence-corrected chi connectivity index (χ2v) is 8.00. The number of H-pyrrole nitrogens is 1. The molecule has 0 unspecified atom stereocenters. The summed E-state index contributed by atoms with van der Waals surface area (Å²) in [6.45, 7) is 1.90. The minimum absolute atomic E-state index is 0.0613. The van der Waals surface area contributed by atoms with Gasteiger partial charge >= 0.3 is 5.69 Å². The summed E-state index contributed by atoms with van der Waals surface area (Å²) in [4.78, 5) is 40.2. The highest BCUT2D eigenvalue weighted by Crippen LogP contribution is 2.39. The Morgan fingerprint density at radius 2 is 1.91 bits per heavy atom. The number of hydrogen-bond acceptors (Lipinski definition) is 7. The van der Waals surface area contributed by atoms with Crippen molar-refractivity contribution in [3.63, 3.8) is 0 Å². The zero-order chi connectivity index (χ0) is 23.8. The van der Waals surface area contributed by atoms with Crippen molar-refractivity contribution in [2.45, 2.75) is 32.4 Å². The van der Waals surface area contributed by atoms with Crippen molar-refractivity contribution in [1.82, 2.24) is 14.6 Å². The van der Waals surface area contributed by atoms with Gasteiger partial charge in [0.1, 0.15) is 5.56 Å². The van der Waals surface area contributed by atoms with Crippen molar-refractivity contribution < 1.29 is 19.4 Å². The topological polar surface area (TPSA) is 126 Å². The average Bonchev–Trinajstić information content (AvgIpc) is 3.48. The first-order valence-electron chi connectivity index (χ1n) is 10.9. The predicted octanol–water partition coefficient (Wildman–Crippen LogP) is 2.11. The molecule has 174 valence electrons. The first-order valence-corrected chi connectivity index (χ1v) is 10.9. The number of aromatic hydroxyl groups is 1. The number of amides is 1. The Balaban J connectivity index is 1.55. The number of ether oxygens (including phenoxy) is 2. The molecule has 0 spiro atoms. The van der Waals surface area contributed by atoms with Gasteiger partial charge in [-0.1, -0.05) is 43.3 Å². The summed E-state index contributed by atoms with van der Waals surface area (Å²) in [5.41, 5.74) is 0.103. The Hall–Kier alpha value is -4.34. The summed E-state index contributed by atoms with van der Waals surface area (Å²) in [7, 11) is 0. The van der Waals surface area contributed by atoms with Gasteiger partial charge in [-0.3, -0.25) is 19.1 Å². The molecule has 1 atom stereocenters. The molecule has 10 heteroatoms. The number of nitrogens with zero attached hydrogens (tertiary/aromatic N) is 3. The second kappa shape index (κ2) is 8.54. The van der Waals surface area contributed by atoms with Crippen molar-refractivity contribution in [2.75, 3.05) is 6.79 Å². The zero-order valence-electron chi connectivity index (χ0n) is 18.4. The molecule has 1 aromatic heterocycles. The Kier molecular flexibility index (Phi) is 5.40. The molecule has 3 heterocycles. The van der Waals surface area contributed by atoms with E-state index in [4.69, 9.17) is 9.47 Å². The lowest BCUT2D eigenvalue weighted by atomic mass is 9.98. The molecule has 0 saturated carbocycles. The van der Waals surface area contributed by atoms with Crippen LogP contribution in [0.15, 0.2) is 63.2 Å². The first kappa shape index (κ1) is 21.5. The van der Waals surface area contributed by atoms with Gasteiger partial charge in [0.05, 0.1) is 18.3 Å². The predicted molar refractivity (Wildman–Crippen MR) is 122 cm³/mol. The molecule has 34 heavy (non-hydrogen) atoms. The normalized spacial score (nSPS) is 16.6. The van der Waals surface area contributed by atoms with E-state index in [1.807, 2.05) is 24.3 Å². The van der Waals surface area contributed by atoms with Gasteiger partial charge in [-0.2, -0.15) is 5.10 Å². The van der Waals surface area contributed by atoms with E-state index < -0.39 is 23.2 Å². The van der Waals surface area contributed by atoms with Crippen LogP contribution in [0.5, 0.6) is 17.4 Å². The summed E-state index contributed by atoms with van der Waals surface area (Å²) < 4.78 is 11.9. The highest BCUT2D eigenvalue weighted by molar-refractivity contribution is 6.04. The summed E-state index contributed by atoms with van der Waals surface area (Å²) in [5, 5.41) is 16.7. The Morgan fingerprint density at radius 1 is 1.15 bits per heavy atom. The third kappa shape index (κ3) is 3.72. The lowest BCUT2D eigenvalue weighted by Crippen LogP contribution is -2.34. The molecule has 0 fully saturated rings. The number of hydrogen-bond donors (Lipinski definition) is 2. The maximum absolute atomic E-state index is 12.7. The van der Waals surface area contributed by atoms with Crippen molar-refractivity contribution in [1.29, 1.82) is 0 Å². The molecule has 3 aromatic rings. The summed E-state index contributed by atoms with van der Waals surface area (Å²) in [6.07, 6.45) is 0.374. The molecule has 0 radical (unpaired) electrons. The number of aromatic amines is 1. The number of nitrogens with one attached hydrogen (secondary N) is 1. The first-order chi connectivity index (χ1) is 16.5. The van der Waals surface area contributed by atoms with Crippen LogP contribution in [0.3, 0.4) is 0 Å². The highest BCUT2D eigenvalue weighted by atomic mass is 16.7. The van der Waals surface area contributed by atoms with Gasteiger partial charge in [0, 0.05) is 12.8 Å². The number of fused-ring (bicyclic) bond motifs is 1. The van der Waals surface area contributed by atoms with Crippen molar-refractivity contribution in [3.05, 3.63) is 86.1 Å². The van der Waals surface area contributed by atoms with Crippen molar-refractivity contribution in [2.24, 2.45) is 5.10 Å². The number of carbonyl (C=O) groups is 1. The van der Waals surface area contributed by atoms with Crippen LogP contribution in [0.2, 0.25) is 0 Å². The molecule has 0 bridgehead atoms. The van der Waals surface area contributed by atoms with E-state index in [1.54, 1.807) is 31.2 Å². The van der Waals surface area contributed by atoms with Gasteiger partial charge in [-0.15, -0.1) is 0 Å². The van der Waals surface area contributed by atoms with Crippen LogP contribution in [0, 0.1) is 0 Å². The molecule has 2 aliphatic heterocycles. The fourth-order valence-corrected chi connectivity index (χ4v) is 4.17. The largest absolute Gasteiger partial charge is 0.494 e.